The lowest BCUT2D eigenvalue weighted by molar-refractivity contribution is 0.0463. The number of nitrogens with one attached hydrogen (secondary N) is 1. The number of aromatic nitrogens is 2. The van der Waals surface area contributed by atoms with Gasteiger partial charge >= 0.3 is 0 Å². The van der Waals surface area contributed by atoms with E-state index in [1.54, 1.807) is 12.4 Å². The third kappa shape index (κ3) is 3.74. The van der Waals surface area contributed by atoms with E-state index >= 15 is 0 Å². The van der Waals surface area contributed by atoms with Crippen molar-refractivity contribution in [1.82, 2.24) is 20.2 Å². The fraction of sp³-hybridized carbons (Fsp3) is 0.409. The van der Waals surface area contributed by atoms with Crippen LogP contribution in [0.15, 0.2) is 47.1 Å². The number of hydrogen-bond acceptors (Lipinski definition) is 5. The monoisotopic (exact) mass is 412 g/mol. The Balaban J connectivity index is 0.00000205. The third-order valence-corrected chi connectivity index (χ3v) is 6.27. The Labute approximate surface area is 176 Å². The first-order valence-electron chi connectivity index (χ1n) is 10.0. The molecule has 2 atom stereocenters. The van der Waals surface area contributed by atoms with Crippen molar-refractivity contribution in [2.75, 3.05) is 7.05 Å². The van der Waals surface area contributed by atoms with Gasteiger partial charge in [-0.25, -0.2) is 4.98 Å². The van der Waals surface area contributed by atoms with Crippen LogP contribution in [0.4, 0.5) is 0 Å². The number of nitrogens with zero attached hydrogens (tertiary/aromatic N) is 3. The zero-order valence-electron chi connectivity index (χ0n) is 16.4. The van der Waals surface area contributed by atoms with Crippen LogP contribution in [0.3, 0.4) is 0 Å². The lowest BCUT2D eigenvalue weighted by Gasteiger charge is -2.47. The van der Waals surface area contributed by atoms with E-state index < -0.39 is 0 Å². The number of piperidine rings is 2. The molecule has 2 fully saturated rings. The van der Waals surface area contributed by atoms with Gasteiger partial charge in [0.25, 0.3) is 5.91 Å². The largest absolute Gasteiger partial charge is 0.436 e. The predicted octanol–water partition coefficient (Wildman–Crippen LogP) is 4.06. The van der Waals surface area contributed by atoms with E-state index in [9.17, 15) is 4.79 Å². The number of amides is 1. The van der Waals surface area contributed by atoms with Gasteiger partial charge in [-0.2, -0.15) is 0 Å². The van der Waals surface area contributed by atoms with Crippen LogP contribution in [0.1, 0.15) is 42.5 Å². The highest BCUT2D eigenvalue weighted by molar-refractivity contribution is 6.05. The highest BCUT2D eigenvalue weighted by Gasteiger charge is 2.36. The number of hydrogen-bond donors (Lipinski definition) is 1. The Morgan fingerprint density at radius 1 is 1.14 bits per heavy atom. The first-order chi connectivity index (χ1) is 13.7. The van der Waals surface area contributed by atoms with Gasteiger partial charge in [-0.05, 0) is 57.0 Å². The minimum atomic E-state index is -0.0622. The first-order valence-corrected chi connectivity index (χ1v) is 10.0. The zero-order valence-corrected chi connectivity index (χ0v) is 17.2. The molecule has 4 heterocycles. The molecule has 29 heavy (non-hydrogen) atoms. The SMILES string of the molecule is CN1C2CCCC1CC(NC(=O)c1cccc3oc(-c4ccncc4)nc13)C2.Cl. The topological polar surface area (TPSA) is 71.3 Å². The molecule has 2 aromatic heterocycles. The van der Waals surface area contributed by atoms with Crippen LogP contribution in [0, 0.1) is 0 Å². The van der Waals surface area contributed by atoms with Crippen LogP contribution in [-0.2, 0) is 0 Å². The van der Waals surface area contributed by atoms with Gasteiger partial charge in [0.15, 0.2) is 5.58 Å². The van der Waals surface area contributed by atoms with Crippen molar-refractivity contribution in [2.45, 2.75) is 50.2 Å². The van der Waals surface area contributed by atoms with E-state index in [0.717, 1.165) is 18.4 Å². The molecule has 152 valence electrons. The van der Waals surface area contributed by atoms with E-state index in [1.807, 2.05) is 30.3 Å². The maximum absolute atomic E-state index is 13.1. The Morgan fingerprint density at radius 3 is 2.59 bits per heavy atom. The average Bonchev–Trinajstić information content (AvgIpc) is 3.14. The molecule has 5 rings (SSSR count). The molecule has 2 unspecified atom stereocenters. The number of para-hydroxylation sites is 1. The summed E-state index contributed by atoms with van der Waals surface area (Å²) < 4.78 is 5.88. The Morgan fingerprint density at radius 2 is 1.86 bits per heavy atom. The number of carbonyl (C=O) groups is 1. The number of halogens is 1. The summed E-state index contributed by atoms with van der Waals surface area (Å²) in [5.41, 5.74) is 2.66. The van der Waals surface area contributed by atoms with Crippen LogP contribution in [0.5, 0.6) is 0 Å². The van der Waals surface area contributed by atoms with Gasteiger partial charge in [0, 0.05) is 36.1 Å². The Kier molecular flexibility index (Phi) is 5.56. The van der Waals surface area contributed by atoms with E-state index in [-0.39, 0.29) is 24.4 Å². The van der Waals surface area contributed by atoms with Crippen molar-refractivity contribution >= 4 is 29.4 Å². The molecule has 1 aromatic carbocycles. The molecular formula is C22H25ClN4O2. The van der Waals surface area contributed by atoms with E-state index in [2.05, 4.69) is 27.2 Å². The Hall–Kier alpha value is -2.44. The van der Waals surface area contributed by atoms with E-state index in [1.165, 1.54) is 19.3 Å². The highest BCUT2D eigenvalue weighted by atomic mass is 35.5. The number of rotatable bonds is 3. The van der Waals surface area contributed by atoms with E-state index in [0.29, 0.717) is 34.6 Å². The molecule has 2 saturated heterocycles. The number of carbonyl (C=O) groups excluding carboxylic acids is 1. The normalized spacial score (nSPS) is 24.1. The van der Waals surface area contributed by atoms with Crippen LogP contribution in [0.25, 0.3) is 22.6 Å². The number of pyridine rings is 1. The van der Waals surface area contributed by atoms with Crippen LogP contribution in [0.2, 0.25) is 0 Å². The summed E-state index contributed by atoms with van der Waals surface area (Å²) in [7, 11) is 2.23. The maximum atomic E-state index is 13.1. The molecule has 0 spiro atoms. The molecule has 0 radical (unpaired) electrons. The summed E-state index contributed by atoms with van der Waals surface area (Å²) >= 11 is 0. The predicted molar refractivity (Wildman–Crippen MR) is 114 cm³/mol. The van der Waals surface area contributed by atoms with Crippen molar-refractivity contribution in [3.8, 4) is 11.5 Å². The van der Waals surface area contributed by atoms with Gasteiger partial charge in [-0.15, -0.1) is 12.4 Å². The molecule has 2 aliphatic rings. The van der Waals surface area contributed by atoms with Crippen molar-refractivity contribution < 1.29 is 9.21 Å². The molecule has 0 saturated carbocycles. The average molecular weight is 413 g/mol. The summed E-state index contributed by atoms with van der Waals surface area (Å²) in [6.45, 7) is 0. The zero-order chi connectivity index (χ0) is 19.1. The minimum Gasteiger partial charge on any atom is -0.436 e. The number of oxazole rings is 1. The summed E-state index contributed by atoms with van der Waals surface area (Å²) in [6.07, 6.45) is 9.21. The maximum Gasteiger partial charge on any atom is 0.253 e. The standard InChI is InChI=1S/C22H24N4O2.ClH/c1-26-16-4-2-5-17(26)13-15(12-16)24-21(27)18-6-3-7-19-20(18)25-22(28-19)14-8-10-23-11-9-14;/h3,6-11,15-17H,2,4-5,12-13H2,1H3,(H,24,27);1H. The van der Waals surface area contributed by atoms with Gasteiger partial charge in [0.1, 0.15) is 5.52 Å². The van der Waals surface area contributed by atoms with Crippen molar-refractivity contribution in [1.29, 1.82) is 0 Å². The second kappa shape index (κ2) is 8.13. The van der Waals surface area contributed by atoms with Crippen molar-refractivity contribution in [3.05, 3.63) is 48.3 Å². The Bertz CT molecular complexity index is 992. The van der Waals surface area contributed by atoms with Gasteiger partial charge in [-0.1, -0.05) is 12.5 Å². The molecule has 0 aliphatic carbocycles. The fourth-order valence-electron chi connectivity index (χ4n) is 4.75. The molecule has 1 amide bonds. The lowest BCUT2D eigenvalue weighted by Crippen LogP contribution is -2.55. The molecule has 7 heteroatoms. The van der Waals surface area contributed by atoms with E-state index in [4.69, 9.17) is 4.42 Å². The number of fused-ring (bicyclic) bond motifs is 3. The van der Waals surface area contributed by atoms with Crippen LogP contribution < -0.4 is 5.32 Å². The molecule has 3 aromatic rings. The van der Waals surface area contributed by atoms with Gasteiger partial charge in [-0.3, -0.25) is 9.78 Å². The highest BCUT2D eigenvalue weighted by Crippen LogP contribution is 2.33. The second-order valence-electron chi connectivity index (χ2n) is 7.95. The third-order valence-electron chi connectivity index (χ3n) is 6.27. The minimum absolute atomic E-state index is 0. The lowest BCUT2D eigenvalue weighted by atomic mass is 9.82. The van der Waals surface area contributed by atoms with Crippen LogP contribution in [-0.4, -0.2) is 45.9 Å². The fourth-order valence-corrected chi connectivity index (χ4v) is 4.75. The van der Waals surface area contributed by atoms with Crippen molar-refractivity contribution in [3.63, 3.8) is 0 Å². The quantitative estimate of drug-likeness (QED) is 0.702. The summed E-state index contributed by atoms with van der Waals surface area (Å²) in [5.74, 6) is 0.444. The van der Waals surface area contributed by atoms with Gasteiger partial charge in [0.05, 0.1) is 5.56 Å². The van der Waals surface area contributed by atoms with Gasteiger partial charge in [0.2, 0.25) is 5.89 Å². The first kappa shape index (κ1) is 19.9. The van der Waals surface area contributed by atoms with Gasteiger partial charge < -0.3 is 14.6 Å². The molecular weight excluding hydrogens is 388 g/mol. The van der Waals surface area contributed by atoms with Crippen molar-refractivity contribution in [2.24, 2.45) is 0 Å². The molecule has 2 aliphatic heterocycles. The smallest absolute Gasteiger partial charge is 0.253 e. The summed E-state index contributed by atoms with van der Waals surface area (Å²) in [6, 6.07) is 10.6. The second-order valence-corrected chi connectivity index (χ2v) is 7.95. The number of benzene rings is 1. The molecule has 1 N–H and O–H groups in total. The summed E-state index contributed by atoms with van der Waals surface area (Å²) in [5, 5.41) is 3.27. The summed E-state index contributed by atoms with van der Waals surface area (Å²) in [4.78, 5) is 24.2. The molecule has 2 bridgehead atoms. The molecule has 6 nitrogen and oxygen atoms in total. The van der Waals surface area contributed by atoms with Crippen LogP contribution >= 0.6 is 12.4 Å².